The minimum Gasteiger partial charge on any atom is -0.331 e. The van der Waals surface area contributed by atoms with Crippen LogP contribution in [0.1, 0.15) is 37.3 Å². The van der Waals surface area contributed by atoms with E-state index < -0.39 is 0 Å². The van der Waals surface area contributed by atoms with Gasteiger partial charge >= 0.3 is 0 Å². The molecule has 0 amide bonds. The lowest BCUT2D eigenvalue weighted by Crippen LogP contribution is -2.26. The monoisotopic (exact) mass is 355 g/mol. The van der Waals surface area contributed by atoms with Crippen LogP contribution < -0.4 is 16.8 Å². The van der Waals surface area contributed by atoms with Crippen LogP contribution >= 0.6 is 0 Å². The molecule has 0 fully saturated rings. The average Bonchev–Trinajstić information content (AvgIpc) is 2.69. The Bertz CT molecular complexity index is 484. The molecule has 144 valence electrons. The molecule has 3 heteroatoms. The SMILES string of the molecule is CCN.NCCCNCC(CCc1ccccc1)CCc1ccccc1. The van der Waals surface area contributed by atoms with Gasteiger partial charge in [0.1, 0.15) is 0 Å². The lowest BCUT2D eigenvalue weighted by Gasteiger charge is -2.18. The maximum Gasteiger partial charge on any atom is -0.00203 e. The van der Waals surface area contributed by atoms with E-state index in [0.29, 0.717) is 5.92 Å². The number of hydrogen-bond acceptors (Lipinski definition) is 3. The molecule has 0 saturated carbocycles. The highest BCUT2D eigenvalue weighted by Gasteiger charge is 2.09. The summed E-state index contributed by atoms with van der Waals surface area (Å²) in [6, 6.07) is 21.6. The lowest BCUT2D eigenvalue weighted by atomic mass is 9.93. The van der Waals surface area contributed by atoms with Gasteiger partial charge in [-0.1, -0.05) is 67.6 Å². The molecule has 2 aromatic rings. The third-order valence-electron chi connectivity index (χ3n) is 4.36. The predicted molar refractivity (Wildman–Crippen MR) is 114 cm³/mol. The number of hydrogen-bond donors (Lipinski definition) is 3. The van der Waals surface area contributed by atoms with E-state index in [1.54, 1.807) is 0 Å². The van der Waals surface area contributed by atoms with Crippen molar-refractivity contribution < 1.29 is 0 Å². The summed E-state index contributed by atoms with van der Waals surface area (Å²) in [7, 11) is 0. The largest absolute Gasteiger partial charge is 0.331 e. The first-order chi connectivity index (χ1) is 12.8. The van der Waals surface area contributed by atoms with E-state index in [-0.39, 0.29) is 0 Å². The zero-order chi connectivity index (χ0) is 18.9. The van der Waals surface area contributed by atoms with Gasteiger partial charge in [-0.2, -0.15) is 0 Å². The van der Waals surface area contributed by atoms with Crippen molar-refractivity contribution in [2.75, 3.05) is 26.2 Å². The third kappa shape index (κ3) is 11.0. The first-order valence-electron chi connectivity index (χ1n) is 9.98. The molecule has 0 saturated heterocycles. The molecule has 0 aromatic heterocycles. The van der Waals surface area contributed by atoms with Crippen LogP contribution in [0.3, 0.4) is 0 Å². The summed E-state index contributed by atoms with van der Waals surface area (Å²) < 4.78 is 0. The number of benzene rings is 2. The fraction of sp³-hybridized carbons (Fsp3) is 0.478. The second-order valence-corrected chi connectivity index (χ2v) is 6.67. The van der Waals surface area contributed by atoms with Gasteiger partial charge in [0.25, 0.3) is 0 Å². The van der Waals surface area contributed by atoms with Crippen molar-refractivity contribution in [3.05, 3.63) is 71.8 Å². The predicted octanol–water partition coefficient (Wildman–Crippen LogP) is 3.77. The molecular weight excluding hydrogens is 318 g/mol. The molecule has 0 aliphatic heterocycles. The smallest absolute Gasteiger partial charge is 0.00203 e. The zero-order valence-electron chi connectivity index (χ0n) is 16.4. The van der Waals surface area contributed by atoms with Gasteiger partial charge in [0, 0.05) is 0 Å². The molecule has 0 unspecified atom stereocenters. The fourth-order valence-electron chi connectivity index (χ4n) is 2.91. The van der Waals surface area contributed by atoms with E-state index >= 15 is 0 Å². The van der Waals surface area contributed by atoms with Gasteiger partial charge in [0.2, 0.25) is 0 Å². The van der Waals surface area contributed by atoms with E-state index in [2.05, 4.69) is 66.0 Å². The van der Waals surface area contributed by atoms with Crippen LogP contribution in [-0.4, -0.2) is 26.2 Å². The van der Waals surface area contributed by atoms with Crippen molar-refractivity contribution in [3.8, 4) is 0 Å². The molecule has 0 bridgehead atoms. The molecule has 0 aliphatic carbocycles. The van der Waals surface area contributed by atoms with Crippen LogP contribution in [-0.2, 0) is 12.8 Å². The summed E-state index contributed by atoms with van der Waals surface area (Å²) in [5.41, 5.74) is 13.3. The third-order valence-corrected chi connectivity index (χ3v) is 4.36. The highest BCUT2D eigenvalue weighted by atomic mass is 14.9. The summed E-state index contributed by atoms with van der Waals surface area (Å²) in [5.74, 6) is 0.716. The molecule has 26 heavy (non-hydrogen) atoms. The quantitative estimate of drug-likeness (QED) is 0.538. The maximum atomic E-state index is 5.57. The van der Waals surface area contributed by atoms with E-state index in [1.807, 2.05) is 6.92 Å². The molecule has 0 spiro atoms. The highest BCUT2D eigenvalue weighted by molar-refractivity contribution is 5.16. The molecular formula is C23H37N3. The molecule has 2 rings (SSSR count). The van der Waals surface area contributed by atoms with Crippen LogP contribution in [0.15, 0.2) is 60.7 Å². The van der Waals surface area contributed by atoms with Crippen LogP contribution in [0.4, 0.5) is 0 Å². The molecule has 0 atom stereocenters. The van der Waals surface area contributed by atoms with Gasteiger partial charge in [0.05, 0.1) is 0 Å². The normalized spacial score (nSPS) is 10.5. The van der Waals surface area contributed by atoms with E-state index in [1.165, 1.54) is 36.8 Å². The van der Waals surface area contributed by atoms with Gasteiger partial charge in [-0.25, -0.2) is 0 Å². The second kappa shape index (κ2) is 15.6. The maximum absolute atomic E-state index is 5.57. The van der Waals surface area contributed by atoms with Crippen LogP contribution in [0, 0.1) is 5.92 Å². The Kier molecular flexibility index (Phi) is 13.4. The number of aryl methyl sites for hydroxylation is 2. The summed E-state index contributed by atoms with van der Waals surface area (Å²) in [6.45, 7) is 5.55. The van der Waals surface area contributed by atoms with Crippen molar-refractivity contribution in [1.82, 2.24) is 5.32 Å². The van der Waals surface area contributed by atoms with Gasteiger partial charge < -0.3 is 16.8 Å². The Morgan fingerprint density at radius 3 is 1.69 bits per heavy atom. The first-order valence-corrected chi connectivity index (χ1v) is 9.98. The lowest BCUT2D eigenvalue weighted by molar-refractivity contribution is 0.417. The fourth-order valence-corrected chi connectivity index (χ4v) is 2.91. The molecule has 0 aliphatic rings. The Morgan fingerprint density at radius 1 is 0.808 bits per heavy atom. The Hall–Kier alpha value is -1.68. The zero-order valence-corrected chi connectivity index (χ0v) is 16.4. The minimum atomic E-state index is 0.716. The van der Waals surface area contributed by atoms with E-state index in [9.17, 15) is 0 Å². The Morgan fingerprint density at radius 2 is 1.27 bits per heavy atom. The molecule has 0 heterocycles. The Balaban J connectivity index is 0.00000105. The van der Waals surface area contributed by atoms with Gasteiger partial charge in [-0.05, 0) is 75.3 Å². The summed E-state index contributed by atoms with van der Waals surface area (Å²) in [5, 5.41) is 3.58. The Labute approximate surface area is 160 Å². The second-order valence-electron chi connectivity index (χ2n) is 6.67. The molecule has 2 aromatic carbocycles. The van der Waals surface area contributed by atoms with Crippen molar-refractivity contribution >= 4 is 0 Å². The van der Waals surface area contributed by atoms with Crippen LogP contribution in [0.25, 0.3) is 0 Å². The van der Waals surface area contributed by atoms with Gasteiger partial charge in [-0.3, -0.25) is 0 Å². The average molecular weight is 356 g/mol. The highest BCUT2D eigenvalue weighted by Crippen LogP contribution is 2.16. The van der Waals surface area contributed by atoms with Gasteiger partial charge in [-0.15, -0.1) is 0 Å². The molecule has 0 radical (unpaired) electrons. The molecule has 5 N–H and O–H groups in total. The summed E-state index contributed by atoms with van der Waals surface area (Å²) >= 11 is 0. The minimum absolute atomic E-state index is 0.716. The van der Waals surface area contributed by atoms with Crippen LogP contribution in [0.2, 0.25) is 0 Å². The van der Waals surface area contributed by atoms with E-state index in [0.717, 1.165) is 32.6 Å². The van der Waals surface area contributed by atoms with Gasteiger partial charge in [0.15, 0.2) is 0 Å². The standard InChI is InChI=1S/C21H30N2.C2H7N/c22-16-7-17-23-18-21(14-12-19-8-3-1-4-9-19)15-13-20-10-5-2-6-11-20;1-2-3/h1-6,8-11,21,23H,7,12-18,22H2;2-3H2,1H3. The first kappa shape index (κ1) is 22.4. The van der Waals surface area contributed by atoms with Crippen molar-refractivity contribution in [3.63, 3.8) is 0 Å². The molecule has 3 nitrogen and oxygen atoms in total. The number of nitrogens with one attached hydrogen (secondary N) is 1. The van der Waals surface area contributed by atoms with Crippen molar-refractivity contribution in [2.24, 2.45) is 17.4 Å². The van der Waals surface area contributed by atoms with Crippen molar-refractivity contribution in [2.45, 2.75) is 39.0 Å². The summed E-state index contributed by atoms with van der Waals surface area (Å²) in [6.07, 6.45) is 5.88. The number of rotatable bonds is 11. The number of nitrogens with two attached hydrogens (primary N) is 2. The topological polar surface area (TPSA) is 64.1 Å². The van der Waals surface area contributed by atoms with Crippen molar-refractivity contribution in [1.29, 1.82) is 0 Å². The summed E-state index contributed by atoms with van der Waals surface area (Å²) in [4.78, 5) is 0. The van der Waals surface area contributed by atoms with Crippen LogP contribution in [0.5, 0.6) is 0 Å². The van der Waals surface area contributed by atoms with E-state index in [4.69, 9.17) is 11.5 Å².